The Morgan fingerprint density at radius 3 is 2.81 bits per heavy atom. The fourth-order valence-electron chi connectivity index (χ4n) is 2.56. The Labute approximate surface area is 132 Å². The molecule has 1 aliphatic carbocycles. The number of pyridine rings is 1. The van der Waals surface area contributed by atoms with Gasteiger partial charge in [-0.25, -0.2) is 4.98 Å². The van der Waals surface area contributed by atoms with Gasteiger partial charge in [-0.05, 0) is 68.0 Å². The molecule has 0 saturated carbocycles. The predicted molar refractivity (Wildman–Crippen MR) is 84.5 cm³/mol. The number of hydrogen-bond acceptors (Lipinski definition) is 3. The van der Waals surface area contributed by atoms with E-state index in [0.29, 0.717) is 17.2 Å². The molecule has 3 rings (SSSR count). The topological polar surface area (TPSA) is 45.9 Å². The molecule has 0 N–H and O–H groups in total. The van der Waals surface area contributed by atoms with E-state index in [1.54, 1.807) is 0 Å². The number of nitrogens with zero attached hydrogens (tertiary/aromatic N) is 2. The van der Waals surface area contributed by atoms with Crippen LogP contribution in [0.3, 0.4) is 0 Å². The Morgan fingerprint density at radius 2 is 2.05 bits per heavy atom. The van der Waals surface area contributed by atoms with E-state index in [1.807, 2.05) is 31.2 Å². The van der Waals surface area contributed by atoms with Gasteiger partial charge in [-0.1, -0.05) is 15.9 Å². The van der Waals surface area contributed by atoms with E-state index in [2.05, 4.69) is 27.0 Å². The fraction of sp³-hybridized carbons (Fsp3) is 0.294. The van der Waals surface area contributed by atoms with E-state index in [4.69, 9.17) is 4.74 Å². The molecule has 4 heteroatoms. The molecule has 0 radical (unpaired) electrons. The number of fused-ring (bicyclic) bond motifs is 1. The van der Waals surface area contributed by atoms with Crippen molar-refractivity contribution in [1.82, 2.24) is 4.98 Å². The monoisotopic (exact) mass is 342 g/mol. The molecule has 3 nitrogen and oxygen atoms in total. The average molecular weight is 343 g/mol. The molecular weight excluding hydrogens is 328 g/mol. The molecule has 1 aromatic heterocycles. The second-order valence-electron chi connectivity index (χ2n) is 5.28. The van der Waals surface area contributed by atoms with Crippen molar-refractivity contribution in [3.8, 4) is 17.7 Å². The van der Waals surface area contributed by atoms with Crippen molar-refractivity contribution in [3.63, 3.8) is 0 Å². The van der Waals surface area contributed by atoms with Crippen molar-refractivity contribution in [2.75, 3.05) is 0 Å². The minimum absolute atomic E-state index is 0.417. The molecule has 0 atom stereocenters. The molecule has 0 aliphatic heterocycles. The van der Waals surface area contributed by atoms with Crippen LogP contribution in [0.1, 0.15) is 35.2 Å². The first-order chi connectivity index (χ1) is 10.2. The minimum atomic E-state index is 0.417. The lowest BCUT2D eigenvalue weighted by Crippen LogP contribution is -2.07. The van der Waals surface area contributed by atoms with E-state index in [9.17, 15) is 5.26 Å². The van der Waals surface area contributed by atoms with Gasteiger partial charge in [-0.3, -0.25) is 0 Å². The number of halogens is 1. The fourth-order valence-corrected chi connectivity index (χ4v) is 2.81. The first-order valence-corrected chi connectivity index (χ1v) is 7.83. The van der Waals surface area contributed by atoms with Gasteiger partial charge in [-0.15, -0.1) is 0 Å². The van der Waals surface area contributed by atoms with Crippen LogP contribution >= 0.6 is 15.9 Å². The maximum atomic E-state index is 9.32. The molecule has 106 valence electrons. The summed E-state index contributed by atoms with van der Waals surface area (Å²) in [4.78, 5) is 4.57. The molecular formula is C17H15BrN2O. The van der Waals surface area contributed by atoms with Gasteiger partial charge in [-0.2, -0.15) is 5.26 Å². The molecule has 2 aromatic rings. The lowest BCUT2D eigenvalue weighted by atomic mass is 9.95. The second-order valence-corrected chi connectivity index (χ2v) is 6.13. The summed E-state index contributed by atoms with van der Waals surface area (Å²) in [6.45, 7) is 2.00. The van der Waals surface area contributed by atoms with Gasteiger partial charge in [0.05, 0.1) is 0 Å². The van der Waals surface area contributed by atoms with Crippen molar-refractivity contribution in [3.05, 3.63) is 51.1 Å². The SMILES string of the molecule is Cc1cc(Oc2nc3c(cc2C#N)CCCC3)ccc1Br. The maximum Gasteiger partial charge on any atom is 0.237 e. The first kappa shape index (κ1) is 14.1. The van der Waals surface area contributed by atoms with Crippen molar-refractivity contribution < 1.29 is 4.74 Å². The summed E-state index contributed by atoms with van der Waals surface area (Å²) < 4.78 is 6.88. The number of aryl methyl sites for hydroxylation is 3. The standard InChI is InChI=1S/C17H15BrN2O/c1-11-8-14(6-7-15(11)18)21-17-13(10-19)9-12-4-2-3-5-16(12)20-17/h6-9H,2-5H2,1H3. The van der Waals surface area contributed by atoms with Gasteiger partial charge in [0.15, 0.2) is 0 Å². The number of benzene rings is 1. The highest BCUT2D eigenvalue weighted by atomic mass is 79.9. The van der Waals surface area contributed by atoms with E-state index in [0.717, 1.165) is 35.0 Å². The largest absolute Gasteiger partial charge is 0.438 e. The molecule has 0 spiro atoms. The van der Waals surface area contributed by atoms with Crippen molar-refractivity contribution in [2.24, 2.45) is 0 Å². The summed E-state index contributed by atoms with van der Waals surface area (Å²) in [5.41, 5.74) is 3.86. The number of nitriles is 1. The highest BCUT2D eigenvalue weighted by Gasteiger charge is 2.16. The lowest BCUT2D eigenvalue weighted by molar-refractivity contribution is 0.455. The van der Waals surface area contributed by atoms with E-state index < -0.39 is 0 Å². The molecule has 0 amide bonds. The molecule has 21 heavy (non-hydrogen) atoms. The van der Waals surface area contributed by atoms with Gasteiger partial charge in [0, 0.05) is 10.2 Å². The van der Waals surface area contributed by atoms with Gasteiger partial charge >= 0.3 is 0 Å². The molecule has 1 heterocycles. The Morgan fingerprint density at radius 1 is 1.24 bits per heavy atom. The zero-order valence-electron chi connectivity index (χ0n) is 11.8. The Bertz CT molecular complexity index is 734. The van der Waals surface area contributed by atoms with Crippen LogP contribution < -0.4 is 4.74 Å². The third kappa shape index (κ3) is 2.93. The van der Waals surface area contributed by atoms with Gasteiger partial charge < -0.3 is 4.74 Å². The van der Waals surface area contributed by atoms with Crippen LogP contribution in [-0.4, -0.2) is 4.98 Å². The molecule has 0 fully saturated rings. The van der Waals surface area contributed by atoms with Crippen molar-refractivity contribution in [1.29, 1.82) is 5.26 Å². The Kier molecular flexibility index (Phi) is 3.94. The van der Waals surface area contributed by atoms with Crippen molar-refractivity contribution >= 4 is 15.9 Å². The van der Waals surface area contributed by atoms with Gasteiger partial charge in [0.2, 0.25) is 5.88 Å². The van der Waals surface area contributed by atoms with E-state index >= 15 is 0 Å². The van der Waals surface area contributed by atoms with Gasteiger partial charge in [0.1, 0.15) is 17.4 Å². The van der Waals surface area contributed by atoms with Crippen LogP contribution in [0.25, 0.3) is 0 Å². The maximum absolute atomic E-state index is 9.32. The summed E-state index contributed by atoms with van der Waals surface area (Å²) in [6.07, 6.45) is 4.31. The first-order valence-electron chi connectivity index (χ1n) is 7.04. The predicted octanol–water partition coefficient (Wildman–Crippen LogP) is 4.70. The number of hydrogen-bond donors (Lipinski definition) is 0. The van der Waals surface area contributed by atoms with Crippen LogP contribution in [0.4, 0.5) is 0 Å². The number of rotatable bonds is 2. The van der Waals surface area contributed by atoms with E-state index in [-0.39, 0.29) is 0 Å². The second kappa shape index (κ2) is 5.87. The molecule has 0 saturated heterocycles. The number of ether oxygens (including phenoxy) is 1. The Hall–Kier alpha value is -1.86. The van der Waals surface area contributed by atoms with Crippen LogP contribution in [0.5, 0.6) is 11.6 Å². The van der Waals surface area contributed by atoms with Crippen molar-refractivity contribution in [2.45, 2.75) is 32.6 Å². The average Bonchev–Trinajstić information content (AvgIpc) is 2.50. The van der Waals surface area contributed by atoms with Gasteiger partial charge in [0.25, 0.3) is 0 Å². The number of aromatic nitrogens is 1. The highest BCUT2D eigenvalue weighted by molar-refractivity contribution is 9.10. The molecule has 1 aliphatic rings. The van der Waals surface area contributed by atoms with Crippen LogP contribution in [0.2, 0.25) is 0 Å². The summed E-state index contributed by atoms with van der Waals surface area (Å²) >= 11 is 3.47. The summed E-state index contributed by atoms with van der Waals surface area (Å²) in [7, 11) is 0. The zero-order chi connectivity index (χ0) is 14.8. The molecule has 0 bridgehead atoms. The molecule has 0 unspecified atom stereocenters. The summed E-state index contributed by atoms with van der Waals surface area (Å²) in [6, 6.07) is 9.88. The van der Waals surface area contributed by atoms with Crippen LogP contribution in [0.15, 0.2) is 28.7 Å². The Balaban J connectivity index is 1.97. The van der Waals surface area contributed by atoms with E-state index in [1.165, 1.54) is 12.0 Å². The quantitative estimate of drug-likeness (QED) is 0.794. The third-order valence-electron chi connectivity index (χ3n) is 3.73. The smallest absolute Gasteiger partial charge is 0.237 e. The normalized spacial score (nSPS) is 13.4. The lowest BCUT2D eigenvalue weighted by Gasteiger charge is -2.17. The zero-order valence-corrected chi connectivity index (χ0v) is 13.4. The molecule has 1 aromatic carbocycles. The third-order valence-corrected chi connectivity index (χ3v) is 4.62. The summed E-state index contributed by atoms with van der Waals surface area (Å²) in [5, 5.41) is 9.32. The highest BCUT2D eigenvalue weighted by Crippen LogP contribution is 2.30. The minimum Gasteiger partial charge on any atom is -0.438 e. The van der Waals surface area contributed by atoms with Crippen LogP contribution in [-0.2, 0) is 12.8 Å². The summed E-state index contributed by atoms with van der Waals surface area (Å²) in [5.74, 6) is 1.12. The van der Waals surface area contributed by atoms with Crippen LogP contribution in [0, 0.1) is 18.3 Å².